The zero-order valence-electron chi connectivity index (χ0n) is 24.5. The molecule has 0 aliphatic carbocycles. The lowest BCUT2D eigenvalue weighted by atomic mass is 10.0. The Labute approximate surface area is 257 Å². The normalized spacial score (nSPS) is 21.6. The number of carbonyl (C=O) groups excluding carboxylic acids is 3. The van der Waals surface area contributed by atoms with Crippen molar-refractivity contribution in [2.24, 2.45) is 5.92 Å². The Kier molecular flexibility index (Phi) is 13.3. The van der Waals surface area contributed by atoms with Crippen molar-refractivity contribution in [3.05, 3.63) is 63.2 Å². The predicted octanol–water partition coefficient (Wildman–Crippen LogP) is 2.56. The number of para-hydroxylation sites is 1. The van der Waals surface area contributed by atoms with Gasteiger partial charge in [0.2, 0.25) is 17.7 Å². The van der Waals surface area contributed by atoms with Gasteiger partial charge in [-0.2, -0.15) is 0 Å². The van der Waals surface area contributed by atoms with Gasteiger partial charge in [-0.1, -0.05) is 58.0 Å². The Morgan fingerprint density at radius 3 is 2.34 bits per heavy atom. The minimum atomic E-state index is -0.806. The van der Waals surface area contributed by atoms with Crippen molar-refractivity contribution < 1.29 is 19.1 Å². The van der Waals surface area contributed by atoms with Crippen LogP contribution >= 0.6 is 22.6 Å². The smallest absolute Gasteiger partial charge is 0.243 e. The van der Waals surface area contributed by atoms with E-state index in [-0.39, 0.29) is 36.2 Å². The highest BCUT2D eigenvalue weighted by Gasteiger charge is 2.31. The highest BCUT2D eigenvalue weighted by atomic mass is 127. The van der Waals surface area contributed by atoms with Crippen LogP contribution in [0.3, 0.4) is 0 Å². The van der Waals surface area contributed by atoms with Crippen molar-refractivity contribution in [3.8, 4) is 5.75 Å². The molecule has 2 aromatic rings. The molecule has 1 heterocycles. The first-order valence-corrected chi connectivity index (χ1v) is 15.5. The van der Waals surface area contributed by atoms with E-state index < -0.39 is 18.1 Å². The topological polar surface area (TPSA) is 121 Å². The van der Waals surface area contributed by atoms with Crippen molar-refractivity contribution in [2.75, 3.05) is 26.2 Å². The van der Waals surface area contributed by atoms with E-state index in [0.717, 1.165) is 33.3 Å². The summed E-state index contributed by atoms with van der Waals surface area (Å²) < 4.78 is 7.21. The van der Waals surface area contributed by atoms with Gasteiger partial charge in [0.15, 0.2) is 0 Å². The van der Waals surface area contributed by atoms with Gasteiger partial charge in [-0.05, 0) is 77.1 Å². The van der Waals surface area contributed by atoms with E-state index in [4.69, 9.17) is 4.74 Å². The maximum absolute atomic E-state index is 13.6. The minimum Gasteiger partial charge on any atom is -0.492 e. The first-order valence-electron chi connectivity index (χ1n) is 14.4. The number of hydrogen-bond donors (Lipinski definition) is 5. The molecular weight excluding hydrogens is 633 g/mol. The number of nitrogens with one attached hydrogen (secondary N) is 5. The maximum atomic E-state index is 13.6. The van der Waals surface area contributed by atoms with Crippen LogP contribution in [0.25, 0.3) is 0 Å². The summed E-state index contributed by atoms with van der Waals surface area (Å²) in [4.78, 5) is 40.2. The summed E-state index contributed by atoms with van der Waals surface area (Å²) in [6.45, 7) is 9.30. The van der Waals surface area contributed by atoms with Gasteiger partial charge < -0.3 is 31.3 Å². The van der Waals surface area contributed by atoms with E-state index in [1.807, 2.05) is 76.2 Å². The fourth-order valence-electron chi connectivity index (χ4n) is 4.59. The first kappa shape index (κ1) is 32.8. The molecule has 10 heteroatoms. The molecule has 3 amide bonds. The van der Waals surface area contributed by atoms with Crippen LogP contribution in [0.4, 0.5) is 0 Å². The van der Waals surface area contributed by atoms with Gasteiger partial charge >= 0.3 is 0 Å². The second kappa shape index (κ2) is 16.7. The summed E-state index contributed by atoms with van der Waals surface area (Å²) in [5.41, 5.74) is 2.07. The first-order chi connectivity index (χ1) is 19.6. The SMILES string of the molecule is CC(C)NC[C@@H]1NC(=O)[C@@H](C(C)C)NC(=O)[C@@H](Cc2ccc(I)cc2)NCCOc2ccccc2CCCNC1=O. The molecule has 0 spiro atoms. The molecule has 0 saturated carbocycles. The predicted molar refractivity (Wildman–Crippen MR) is 170 cm³/mol. The average Bonchev–Trinajstić information content (AvgIpc) is 2.94. The molecule has 2 aromatic carbocycles. The van der Waals surface area contributed by atoms with Gasteiger partial charge in [-0.15, -0.1) is 0 Å². The van der Waals surface area contributed by atoms with E-state index in [1.165, 1.54) is 0 Å². The molecule has 5 N–H and O–H groups in total. The summed E-state index contributed by atoms with van der Waals surface area (Å²) in [5, 5.41) is 15.4. The Balaban J connectivity index is 1.86. The zero-order valence-corrected chi connectivity index (χ0v) is 26.6. The zero-order chi connectivity index (χ0) is 29.8. The van der Waals surface area contributed by atoms with Crippen molar-refractivity contribution in [1.29, 1.82) is 0 Å². The molecule has 224 valence electrons. The number of fused-ring (bicyclic) bond motifs is 1. The van der Waals surface area contributed by atoms with Crippen molar-refractivity contribution in [3.63, 3.8) is 0 Å². The van der Waals surface area contributed by atoms with E-state index in [1.54, 1.807) is 0 Å². The molecule has 1 aliphatic rings. The van der Waals surface area contributed by atoms with E-state index in [2.05, 4.69) is 49.2 Å². The minimum absolute atomic E-state index is 0.137. The summed E-state index contributed by atoms with van der Waals surface area (Å²) in [7, 11) is 0. The third-order valence-electron chi connectivity index (χ3n) is 6.92. The van der Waals surface area contributed by atoms with Crippen LogP contribution in [-0.4, -0.2) is 68.1 Å². The summed E-state index contributed by atoms with van der Waals surface area (Å²) >= 11 is 2.25. The van der Waals surface area contributed by atoms with E-state index in [9.17, 15) is 14.4 Å². The third-order valence-corrected chi connectivity index (χ3v) is 7.64. The molecule has 0 bridgehead atoms. The number of hydrogen-bond acceptors (Lipinski definition) is 6. The molecule has 1 aliphatic heterocycles. The standard InChI is InChI=1S/C31H44IN5O4/c1-20(2)28-31(40)36-26(19-35-21(3)4)29(38)34-15-7-9-23-8-5-6-10-27(23)41-17-16-33-25(30(39)37-28)18-22-11-13-24(32)14-12-22/h5-6,8,10-14,20-21,25-26,28,33,35H,7,9,15-19H2,1-4H3,(H,34,38)(H,36,40)(H,37,39)/t25-,26+,28-/m1/s1. The van der Waals surface area contributed by atoms with Gasteiger partial charge in [-0.3, -0.25) is 14.4 Å². The molecule has 3 atom stereocenters. The summed E-state index contributed by atoms with van der Waals surface area (Å²) in [5.74, 6) is -0.313. The molecule has 0 fully saturated rings. The van der Waals surface area contributed by atoms with Crippen molar-refractivity contribution in [1.82, 2.24) is 26.6 Å². The summed E-state index contributed by atoms with van der Waals surface area (Å²) in [6.07, 6.45) is 1.92. The van der Waals surface area contributed by atoms with Crippen molar-refractivity contribution >= 4 is 40.3 Å². The lowest BCUT2D eigenvalue weighted by Crippen LogP contribution is -2.60. The Morgan fingerprint density at radius 2 is 1.63 bits per heavy atom. The molecule has 0 unspecified atom stereocenters. The quantitative estimate of drug-likeness (QED) is 0.300. The van der Waals surface area contributed by atoms with Crippen LogP contribution in [0.1, 0.15) is 45.2 Å². The number of benzene rings is 2. The van der Waals surface area contributed by atoms with Crippen LogP contribution in [-0.2, 0) is 27.2 Å². The lowest BCUT2D eigenvalue weighted by molar-refractivity contribution is -0.133. The highest BCUT2D eigenvalue weighted by molar-refractivity contribution is 14.1. The maximum Gasteiger partial charge on any atom is 0.243 e. The second-order valence-electron chi connectivity index (χ2n) is 11.0. The Bertz CT molecular complexity index is 1140. The van der Waals surface area contributed by atoms with E-state index in [0.29, 0.717) is 26.1 Å². The fraction of sp³-hybridized carbons (Fsp3) is 0.516. The molecular formula is C31H44IN5O4. The van der Waals surface area contributed by atoms with Crippen LogP contribution in [0, 0.1) is 9.49 Å². The third kappa shape index (κ3) is 10.9. The van der Waals surface area contributed by atoms with Gasteiger partial charge in [-0.25, -0.2) is 0 Å². The second-order valence-corrected chi connectivity index (χ2v) is 12.3. The Morgan fingerprint density at radius 1 is 0.902 bits per heavy atom. The number of ether oxygens (including phenoxy) is 1. The molecule has 9 nitrogen and oxygen atoms in total. The van der Waals surface area contributed by atoms with Crippen molar-refractivity contribution in [2.45, 2.75) is 71.1 Å². The van der Waals surface area contributed by atoms with Gasteiger partial charge in [0.1, 0.15) is 24.4 Å². The number of aryl methyl sites for hydroxylation is 1. The lowest BCUT2D eigenvalue weighted by Gasteiger charge is -2.28. The average molecular weight is 678 g/mol. The number of amides is 3. The summed E-state index contributed by atoms with van der Waals surface area (Å²) in [6, 6.07) is 13.9. The highest BCUT2D eigenvalue weighted by Crippen LogP contribution is 2.19. The number of halogens is 1. The Hall–Kier alpha value is -2.70. The monoisotopic (exact) mass is 677 g/mol. The molecule has 0 radical (unpaired) electrons. The number of carbonyl (C=O) groups is 3. The molecule has 0 aromatic heterocycles. The van der Waals surface area contributed by atoms with Gasteiger partial charge in [0, 0.05) is 29.2 Å². The number of rotatable bonds is 6. The molecule has 41 heavy (non-hydrogen) atoms. The fourth-order valence-corrected chi connectivity index (χ4v) is 4.95. The largest absolute Gasteiger partial charge is 0.492 e. The van der Waals surface area contributed by atoms with Crippen LogP contribution in [0.15, 0.2) is 48.5 Å². The molecule has 3 rings (SSSR count). The van der Waals surface area contributed by atoms with Crippen LogP contribution in [0.2, 0.25) is 0 Å². The molecule has 0 saturated heterocycles. The van der Waals surface area contributed by atoms with Gasteiger partial charge in [0.25, 0.3) is 0 Å². The van der Waals surface area contributed by atoms with Crippen LogP contribution < -0.4 is 31.3 Å². The van der Waals surface area contributed by atoms with Gasteiger partial charge in [0.05, 0.1) is 6.04 Å². The van der Waals surface area contributed by atoms with Crippen LogP contribution in [0.5, 0.6) is 5.75 Å². The van der Waals surface area contributed by atoms with E-state index >= 15 is 0 Å².